The van der Waals surface area contributed by atoms with Crippen LogP contribution in [0.2, 0.25) is 0 Å². The molecule has 7 N–H and O–H groups in total. The number of ketones is 1. The van der Waals surface area contributed by atoms with Gasteiger partial charge in [0.15, 0.2) is 0 Å². The maximum atomic E-state index is 13.1. The number of hydrogen-bond acceptors (Lipinski definition) is 9. The second-order valence-electron chi connectivity index (χ2n) is 7.58. The third kappa shape index (κ3) is 2.99. The number of phenols is 2. The number of phenolic OH excluding ortho intramolecular Hbond substituents is 2. The Morgan fingerprint density at radius 3 is 2.23 bits per heavy atom. The number of rotatable bonds is 3. The van der Waals surface area contributed by atoms with Gasteiger partial charge in [-0.25, -0.2) is 0 Å². The van der Waals surface area contributed by atoms with E-state index in [9.17, 15) is 40.5 Å². The fraction of sp³-hybridized carbons (Fsp3) is 0.381. The van der Waals surface area contributed by atoms with Gasteiger partial charge in [0.2, 0.25) is 5.78 Å². The topological polar surface area (TPSA) is 168 Å². The van der Waals surface area contributed by atoms with Crippen molar-refractivity contribution in [3.63, 3.8) is 0 Å². The molecule has 1 aliphatic carbocycles. The van der Waals surface area contributed by atoms with Crippen molar-refractivity contribution in [3.05, 3.63) is 58.1 Å². The first-order valence-corrected chi connectivity index (χ1v) is 9.43. The van der Waals surface area contributed by atoms with Gasteiger partial charge in [-0.15, -0.1) is 0 Å². The van der Waals surface area contributed by atoms with Gasteiger partial charge >= 0.3 is 0 Å². The molecule has 0 aromatic heterocycles. The number of aliphatic hydroxyl groups is 5. The SMILES string of the molecule is O=C1c2c(O)cccc2[C@H](C2OC(CO)C(O)C(O)C2O)c2cc(CO)cc(O)c21. The Morgan fingerprint density at radius 1 is 0.867 bits per heavy atom. The molecule has 0 spiro atoms. The molecule has 0 bridgehead atoms. The first-order valence-electron chi connectivity index (χ1n) is 9.43. The van der Waals surface area contributed by atoms with Gasteiger partial charge in [-0.2, -0.15) is 0 Å². The lowest BCUT2D eigenvalue weighted by atomic mass is 9.71. The van der Waals surface area contributed by atoms with E-state index in [2.05, 4.69) is 0 Å². The average molecular weight is 418 g/mol. The van der Waals surface area contributed by atoms with Crippen LogP contribution in [0.15, 0.2) is 30.3 Å². The number of ether oxygens (including phenoxy) is 1. The Morgan fingerprint density at radius 2 is 1.57 bits per heavy atom. The van der Waals surface area contributed by atoms with Gasteiger partial charge in [-0.05, 0) is 28.8 Å². The van der Waals surface area contributed by atoms with E-state index in [1.165, 1.54) is 24.3 Å². The summed E-state index contributed by atoms with van der Waals surface area (Å²) in [6.07, 6.45) is -7.22. The fourth-order valence-electron chi connectivity index (χ4n) is 4.41. The third-order valence-electron chi connectivity index (χ3n) is 5.85. The molecule has 4 rings (SSSR count). The van der Waals surface area contributed by atoms with Crippen LogP contribution in [0.3, 0.4) is 0 Å². The minimum Gasteiger partial charge on any atom is -0.507 e. The van der Waals surface area contributed by atoms with Crippen molar-refractivity contribution >= 4 is 5.78 Å². The number of fused-ring (bicyclic) bond motifs is 2. The van der Waals surface area contributed by atoms with Gasteiger partial charge in [0.05, 0.1) is 30.4 Å². The Hall–Kier alpha value is -2.53. The van der Waals surface area contributed by atoms with Crippen LogP contribution < -0.4 is 0 Å². The van der Waals surface area contributed by atoms with E-state index >= 15 is 0 Å². The van der Waals surface area contributed by atoms with Crippen molar-refractivity contribution in [1.29, 1.82) is 0 Å². The lowest BCUT2D eigenvalue weighted by Gasteiger charge is -2.45. The first-order chi connectivity index (χ1) is 14.3. The molecule has 1 fully saturated rings. The van der Waals surface area contributed by atoms with Crippen LogP contribution in [0.4, 0.5) is 0 Å². The number of carbonyl (C=O) groups excluding carboxylic acids is 1. The molecule has 0 amide bonds. The van der Waals surface area contributed by atoms with Crippen molar-refractivity contribution < 1.29 is 45.3 Å². The quantitative estimate of drug-likeness (QED) is 0.334. The van der Waals surface area contributed by atoms with Gasteiger partial charge < -0.3 is 40.5 Å². The van der Waals surface area contributed by atoms with Crippen molar-refractivity contribution in [2.45, 2.75) is 43.0 Å². The van der Waals surface area contributed by atoms with Crippen LogP contribution in [-0.4, -0.2) is 78.7 Å². The summed E-state index contributed by atoms with van der Waals surface area (Å²) in [4.78, 5) is 13.1. The molecular formula is C21H22O9. The minimum absolute atomic E-state index is 0.0843. The van der Waals surface area contributed by atoms with Crippen molar-refractivity contribution in [1.82, 2.24) is 0 Å². The van der Waals surface area contributed by atoms with Gasteiger partial charge in [-0.1, -0.05) is 18.2 Å². The van der Waals surface area contributed by atoms with Gasteiger partial charge in [-0.3, -0.25) is 4.79 Å². The van der Waals surface area contributed by atoms with Crippen LogP contribution in [0.25, 0.3) is 0 Å². The van der Waals surface area contributed by atoms with Crippen molar-refractivity contribution in [2.75, 3.05) is 6.61 Å². The summed E-state index contributed by atoms with van der Waals surface area (Å²) < 4.78 is 5.73. The Kier molecular flexibility index (Phi) is 5.27. The highest BCUT2D eigenvalue weighted by atomic mass is 16.5. The molecule has 0 saturated carbocycles. The summed E-state index contributed by atoms with van der Waals surface area (Å²) in [6.45, 7) is -1.06. The fourth-order valence-corrected chi connectivity index (χ4v) is 4.41. The number of aliphatic hydroxyl groups excluding tert-OH is 5. The van der Waals surface area contributed by atoms with Gasteiger partial charge in [0.1, 0.15) is 35.9 Å². The molecule has 160 valence electrons. The monoisotopic (exact) mass is 418 g/mol. The number of hydrogen-bond donors (Lipinski definition) is 7. The summed E-state index contributed by atoms with van der Waals surface area (Å²) in [6, 6.07) is 7.06. The molecule has 2 aliphatic rings. The first kappa shape index (κ1) is 20.7. The molecule has 6 atom stereocenters. The third-order valence-corrected chi connectivity index (χ3v) is 5.85. The Balaban J connectivity index is 1.96. The Labute approximate surface area is 171 Å². The maximum Gasteiger partial charge on any atom is 0.201 e. The predicted molar refractivity (Wildman–Crippen MR) is 101 cm³/mol. The van der Waals surface area contributed by atoms with E-state index in [1.807, 2.05) is 0 Å². The number of carbonyl (C=O) groups is 1. The van der Waals surface area contributed by atoms with Gasteiger partial charge in [0.25, 0.3) is 0 Å². The highest BCUT2D eigenvalue weighted by molar-refractivity contribution is 6.16. The van der Waals surface area contributed by atoms with Crippen molar-refractivity contribution in [2.24, 2.45) is 0 Å². The van der Waals surface area contributed by atoms with E-state index in [1.54, 1.807) is 6.07 Å². The van der Waals surface area contributed by atoms with E-state index in [0.29, 0.717) is 5.56 Å². The van der Waals surface area contributed by atoms with E-state index in [4.69, 9.17) is 4.74 Å². The predicted octanol–water partition coefficient (Wildman–Crippen LogP) is -0.891. The molecule has 30 heavy (non-hydrogen) atoms. The number of aromatic hydroxyl groups is 2. The standard InChI is InChI=1S/C21H22O9/c22-6-8-4-10-14(21-20(29)19(28)17(26)13(7-23)30-21)9-2-1-3-11(24)15(9)18(27)16(10)12(25)5-8/h1-5,13-14,17,19-26,28-29H,6-7H2/t13?,14-,17?,19?,20?,21?/m0/s1. The van der Waals surface area contributed by atoms with Gasteiger partial charge in [0, 0.05) is 5.92 Å². The summed E-state index contributed by atoms with van der Waals surface area (Å²) in [5.41, 5.74) is 0.609. The van der Waals surface area contributed by atoms with E-state index < -0.39 is 61.2 Å². The maximum absolute atomic E-state index is 13.1. The summed E-state index contributed by atoms with van der Waals surface area (Å²) in [5.74, 6) is -2.34. The molecule has 0 radical (unpaired) electrons. The molecule has 2 aromatic rings. The lowest BCUT2D eigenvalue weighted by Crippen LogP contribution is -2.60. The molecule has 1 aliphatic heterocycles. The molecule has 2 aromatic carbocycles. The molecular weight excluding hydrogens is 396 g/mol. The number of benzene rings is 2. The molecule has 1 saturated heterocycles. The molecule has 5 unspecified atom stereocenters. The van der Waals surface area contributed by atoms with E-state index in [0.717, 1.165) is 0 Å². The summed E-state index contributed by atoms with van der Waals surface area (Å²) in [5, 5.41) is 71.0. The van der Waals surface area contributed by atoms with Crippen LogP contribution in [0.5, 0.6) is 11.5 Å². The van der Waals surface area contributed by atoms with Crippen LogP contribution in [0, 0.1) is 0 Å². The normalized spacial score (nSPS) is 30.6. The summed E-state index contributed by atoms with van der Waals surface area (Å²) in [7, 11) is 0. The highest BCUT2D eigenvalue weighted by Gasteiger charge is 2.50. The zero-order valence-electron chi connectivity index (χ0n) is 15.7. The summed E-state index contributed by atoms with van der Waals surface area (Å²) >= 11 is 0. The lowest BCUT2D eigenvalue weighted by molar-refractivity contribution is -0.232. The Bertz CT molecular complexity index is 987. The van der Waals surface area contributed by atoms with Crippen LogP contribution in [0.1, 0.15) is 38.5 Å². The van der Waals surface area contributed by atoms with Crippen LogP contribution >= 0.6 is 0 Å². The zero-order chi connectivity index (χ0) is 21.7. The largest absolute Gasteiger partial charge is 0.507 e. The smallest absolute Gasteiger partial charge is 0.201 e. The van der Waals surface area contributed by atoms with E-state index in [-0.39, 0.29) is 28.0 Å². The zero-order valence-corrected chi connectivity index (χ0v) is 15.7. The second kappa shape index (κ2) is 7.62. The molecule has 9 nitrogen and oxygen atoms in total. The molecule has 1 heterocycles. The average Bonchev–Trinajstić information content (AvgIpc) is 2.73. The second-order valence-corrected chi connectivity index (χ2v) is 7.58. The van der Waals surface area contributed by atoms with Crippen molar-refractivity contribution in [3.8, 4) is 11.5 Å². The van der Waals surface area contributed by atoms with Crippen LogP contribution in [-0.2, 0) is 11.3 Å². The highest BCUT2D eigenvalue weighted by Crippen LogP contribution is 2.47. The molecule has 9 heteroatoms. The minimum atomic E-state index is -1.64.